The van der Waals surface area contributed by atoms with Gasteiger partial charge in [0, 0.05) is 19.1 Å². The van der Waals surface area contributed by atoms with Crippen LogP contribution >= 0.6 is 0 Å². The molecule has 0 aromatic carbocycles. The molecule has 0 heterocycles. The summed E-state index contributed by atoms with van der Waals surface area (Å²) in [6.07, 6.45) is 4.26. The maximum atomic E-state index is 12.8. The number of fused-ring (bicyclic) bond motifs is 2. The van der Waals surface area contributed by atoms with E-state index >= 15 is 0 Å². The summed E-state index contributed by atoms with van der Waals surface area (Å²) in [5, 5.41) is 11.4. The summed E-state index contributed by atoms with van der Waals surface area (Å²) in [7, 11) is 2.89. The summed E-state index contributed by atoms with van der Waals surface area (Å²) in [6.45, 7) is 6.44. The number of esters is 1. The van der Waals surface area contributed by atoms with Gasteiger partial charge in [-0.1, -0.05) is 20.8 Å². The third-order valence-electron chi connectivity index (χ3n) is 6.91. The predicted molar refractivity (Wildman–Crippen MR) is 97.4 cm³/mol. The Kier molecular flexibility index (Phi) is 4.91. The van der Waals surface area contributed by atoms with Gasteiger partial charge < -0.3 is 14.6 Å². The Morgan fingerprint density at radius 1 is 1.27 bits per heavy atom. The van der Waals surface area contributed by atoms with E-state index in [4.69, 9.17) is 9.47 Å². The second-order valence-electron chi connectivity index (χ2n) is 8.57. The number of allylic oxidation sites excluding steroid dienone is 1. The second kappa shape index (κ2) is 6.61. The number of ether oxygens (including phenoxy) is 2. The third-order valence-corrected chi connectivity index (χ3v) is 6.91. The Morgan fingerprint density at radius 2 is 1.96 bits per heavy atom. The molecular weight excluding hydrogens is 332 g/mol. The molecule has 3 aliphatic rings. The van der Waals surface area contributed by atoms with Crippen LogP contribution in [0.4, 0.5) is 0 Å². The van der Waals surface area contributed by atoms with Crippen LogP contribution in [-0.2, 0) is 19.1 Å². The first-order valence-electron chi connectivity index (χ1n) is 9.51. The summed E-state index contributed by atoms with van der Waals surface area (Å²) < 4.78 is 10.5. The molecule has 0 aromatic heterocycles. The van der Waals surface area contributed by atoms with Gasteiger partial charge in [0.25, 0.3) is 0 Å². The molecular formula is C21H30O5. The summed E-state index contributed by atoms with van der Waals surface area (Å²) in [4.78, 5) is 25.3. The first kappa shape index (κ1) is 19.3. The van der Waals surface area contributed by atoms with Gasteiger partial charge in [0.15, 0.2) is 5.78 Å². The predicted octanol–water partition coefficient (Wildman–Crippen LogP) is 2.97. The fraction of sp³-hybridized carbons (Fsp3) is 0.714. The van der Waals surface area contributed by atoms with Crippen LogP contribution in [0.3, 0.4) is 0 Å². The minimum Gasteiger partial charge on any atom is -0.466 e. The average Bonchev–Trinajstić information content (AvgIpc) is 2.78. The molecule has 0 aliphatic heterocycles. The molecule has 0 unspecified atom stereocenters. The van der Waals surface area contributed by atoms with Crippen molar-refractivity contribution in [2.24, 2.45) is 17.3 Å². The molecule has 0 bridgehead atoms. The monoisotopic (exact) mass is 362 g/mol. The molecule has 0 saturated heterocycles. The number of aliphatic hydroxyl groups is 1. The van der Waals surface area contributed by atoms with Crippen LogP contribution in [0.2, 0.25) is 0 Å². The van der Waals surface area contributed by atoms with Crippen LogP contribution in [0.15, 0.2) is 22.8 Å². The zero-order valence-electron chi connectivity index (χ0n) is 16.4. The molecule has 0 aromatic rings. The van der Waals surface area contributed by atoms with Crippen LogP contribution in [0.5, 0.6) is 0 Å². The number of hydrogen-bond donors (Lipinski definition) is 1. The Balaban J connectivity index is 2.22. The number of methoxy groups -OCH3 is 2. The summed E-state index contributed by atoms with van der Waals surface area (Å²) in [6, 6.07) is 0. The molecule has 5 heteroatoms. The molecule has 3 aliphatic carbocycles. The zero-order chi connectivity index (χ0) is 19.3. The number of ketones is 1. The van der Waals surface area contributed by atoms with E-state index in [0.717, 1.165) is 12.0 Å². The Morgan fingerprint density at radius 3 is 2.54 bits per heavy atom. The van der Waals surface area contributed by atoms with Crippen molar-refractivity contribution >= 4 is 11.8 Å². The van der Waals surface area contributed by atoms with Gasteiger partial charge >= 0.3 is 5.97 Å². The highest BCUT2D eigenvalue weighted by Gasteiger charge is 2.53. The molecule has 5 nitrogen and oxygen atoms in total. The van der Waals surface area contributed by atoms with E-state index in [1.807, 2.05) is 0 Å². The van der Waals surface area contributed by atoms with Crippen molar-refractivity contribution in [1.29, 1.82) is 0 Å². The lowest BCUT2D eigenvalue weighted by Crippen LogP contribution is -2.41. The molecule has 1 saturated carbocycles. The lowest BCUT2D eigenvalue weighted by atomic mass is 9.69. The van der Waals surface area contributed by atoms with E-state index in [0.29, 0.717) is 42.7 Å². The fourth-order valence-corrected chi connectivity index (χ4v) is 5.33. The van der Waals surface area contributed by atoms with Crippen molar-refractivity contribution in [3.8, 4) is 0 Å². The lowest BCUT2D eigenvalue weighted by Gasteiger charge is -2.38. The molecule has 26 heavy (non-hydrogen) atoms. The van der Waals surface area contributed by atoms with Gasteiger partial charge in [-0.05, 0) is 54.6 Å². The van der Waals surface area contributed by atoms with E-state index in [1.54, 1.807) is 13.2 Å². The van der Waals surface area contributed by atoms with Gasteiger partial charge in [-0.15, -0.1) is 0 Å². The fourth-order valence-electron chi connectivity index (χ4n) is 5.33. The third kappa shape index (κ3) is 2.76. The van der Waals surface area contributed by atoms with Gasteiger partial charge in [-0.2, -0.15) is 0 Å². The largest absolute Gasteiger partial charge is 0.466 e. The summed E-state index contributed by atoms with van der Waals surface area (Å²) in [5.74, 6) is 0.277. The quantitative estimate of drug-likeness (QED) is 0.782. The van der Waals surface area contributed by atoms with E-state index < -0.39 is 17.7 Å². The second-order valence-corrected chi connectivity index (χ2v) is 8.57. The molecule has 0 amide bonds. The Hall–Kier alpha value is -1.46. The number of Topliss-reactive ketones (excluding diaryl/α,β-unsaturated/α-hetero) is 1. The summed E-state index contributed by atoms with van der Waals surface area (Å²) >= 11 is 0. The smallest absolute Gasteiger partial charge is 0.336 e. The first-order valence-corrected chi connectivity index (χ1v) is 9.51. The lowest BCUT2D eigenvalue weighted by molar-refractivity contribution is -0.138. The molecule has 0 radical (unpaired) electrons. The Bertz CT molecular complexity index is 689. The van der Waals surface area contributed by atoms with Crippen molar-refractivity contribution in [3.05, 3.63) is 22.8 Å². The molecule has 4 atom stereocenters. The van der Waals surface area contributed by atoms with Crippen molar-refractivity contribution in [2.45, 2.75) is 64.6 Å². The van der Waals surface area contributed by atoms with Gasteiger partial charge in [-0.25, -0.2) is 4.79 Å². The topological polar surface area (TPSA) is 72.8 Å². The van der Waals surface area contributed by atoms with Crippen LogP contribution < -0.4 is 0 Å². The highest BCUT2D eigenvalue weighted by atomic mass is 16.5. The Labute approximate surface area is 155 Å². The van der Waals surface area contributed by atoms with Crippen molar-refractivity contribution in [1.82, 2.24) is 0 Å². The van der Waals surface area contributed by atoms with E-state index in [1.165, 1.54) is 7.11 Å². The molecule has 0 spiro atoms. The van der Waals surface area contributed by atoms with E-state index in [-0.39, 0.29) is 17.1 Å². The standard InChI is InChI=1S/C21H30O5/c1-12(2)13-11-16(22)14-10-15-18(19(23)26-5)17(25-4)6-7-21(15,24)9-8-20(13,14)3/h10,12-13,17,24H,6-9,11H2,1-5H3/t13-,17-,20-,21+/m1/s1. The van der Waals surface area contributed by atoms with Crippen molar-refractivity contribution < 1.29 is 24.2 Å². The maximum Gasteiger partial charge on any atom is 0.336 e. The van der Waals surface area contributed by atoms with Crippen LogP contribution in [-0.4, -0.2) is 42.8 Å². The average molecular weight is 362 g/mol. The summed E-state index contributed by atoms with van der Waals surface area (Å²) in [5.41, 5.74) is 0.260. The highest BCUT2D eigenvalue weighted by molar-refractivity contribution is 6.01. The first-order chi connectivity index (χ1) is 12.2. The van der Waals surface area contributed by atoms with Crippen molar-refractivity contribution in [2.75, 3.05) is 14.2 Å². The van der Waals surface area contributed by atoms with Crippen LogP contribution in [0.25, 0.3) is 0 Å². The molecule has 3 rings (SSSR count). The van der Waals surface area contributed by atoms with Gasteiger partial charge in [-0.3, -0.25) is 4.79 Å². The van der Waals surface area contributed by atoms with Gasteiger partial charge in [0.1, 0.15) is 0 Å². The van der Waals surface area contributed by atoms with Gasteiger partial charge in [0.2, 0.25) is 0 Å². The van der Waals surface area contributed by atoms with Crippen LogP contribution in [0, 0.1) is 17.3 Å². The van der Waals surface area contributed by atoms with E-state index in [9.17, 15) is 14.7 Å². The molecule has 1 N–H and O–H groups in total. The molecule has 144 valence electrons. The highest BCUT2D eigenvalue weighted by Crippen LogP contribution is 2.56. The normalized spacial score (nSPS) is 37.2. The number of carbonyl (C=O) groups is 2. The molecule has 1 fully saturated rings. The number of carbonyl (C=O) groups excluding carboxylic acids is 2. The zero-order valence-corrected chi connectivity index (χ0v) is 16.4. The van der Waals surface area contributed by atoms with Crippen LogP contribution in [0.1, 0.15) is 52.9 Å². The van der Waals surface area contributed by atoms with E-state index in [2.05, 4.69) is 20.8 Å². The van der Waals surface area contributed by atoms with Crippen molar-refractivity contribution in [3.63, 3.8) is 0 Å². The minimum absolute atomic E-state index is 0.131. The SMILES string of the molecule is COC(=O)C1=C2C=C3C(=O)C[C@H](C(C)C)[C@@]3(C)CC[C@@]2(O)CC[C@H]1OC. The van der Waals surface area contributed by atoms with Gasteiger partial charge in [0.05, 0.1) is 24.4 Å². The number of hydrogen-bond acceptors (Lipinski definition) is 5. The number of rotatable bonds is 3. The minimum atomic E-state index is -1.11. The maximum absolute atomic E-state index is 12.8.